The Hall–Kier alpha value is -1.92. The standard InChI is InChI=1S/C11H14N6/c1-7-3-10(8(2)17-16-7)11(15-12)9-4-13-6-14-5-9/h3-6,11,15H,12H2,1-2H3. The van der Waals surface area contributed by atoms with E-state index in [1.54, 1.807) is 12.4 Å². The molecule has 0 fully saturated rings. The van der Waals surface area contributed by atoms with Gasteiger partial charge in [0, 0.05) is 18.0 Å². The van der Waals surface area contributed by atoms with E-state index < -0.39 is 0 Å². The van der Waals surface area contributed by atoms with E-state index >= 15 is 0 Å². The third kappa shape index (κ3) is 2.43. The van der Waals surface area contributed by atoms with Gasteiger partial charge in [-0.1, -0.05) is 0 Å². The maximum atomic E-state index is 5.60. The molecule has 1 atom stereocenters. The highest BCUT2D eigenvalue weighted by Gasteiger charge is 2.16. The predicted octanol–water partition coefficient (Wildman–Crippen LogP) is 0.436. The van der Waals surface area contributed by atoms with E-state index in [2.05, 4.69) is 25.6 Å². The fourth-order valence-corrected chi connectivity index (χ4v) is 1.69. The predicted molar refractivity (Wildman–Crippen MR) is 62.7 cm³/mol. The van der Waals surface area contributed by atoms with E-state index in [4.69, 9.17) is 5.84 Å². The van der Waals surface area contributed by atoms with Crippen molar-refractivity contribution in [3.05, 3.63) is 47.3 Å². The number of aryl methyl sites for hydroxylation is 2. The number of nitrogens with zero attached hydrogens (tertiary/aromatic N) is 4. The van der Waals surface area contributed by atoms with Crippen LogP contribution in [0.25, 0.3) is 0 Å². The Morgan fingerprint density at radius 3 is 2.53 bits per heavy atom. The monoisotopic (exact) mass is 230 g/mol. The van der Waals surface area contributed by atoms with Gasteiger partial charge >= 0.3 is 0 Å². The van der Waals surface area contributed by atoms with Crippen LogP contribution in [-0.2, 0) is 0 Å². The van der Waals surface area contributed by atoms with Crippen LogP contribution in [0.4, 0.5) is 0 Å². The topological polar surface area (TPSA) is 89.6 Å². The summed E-state index contributed by atoms with van der Waals surface area (Å²) in [5.74, 6) is 5.60. The van der Waals surface area contributed by atoms with Crippen LogP contribution < -0.4 is 11.3 Å². The van der Waals surface area contributed by atoms with Crippen LogP contribution in [0.15, 0.2) is 24.8 Å². The molecule has 0 aromatic carbocycles. The lowest BCUT2D eigenvalue weighted by molar-refractivity contribution is 0.621. The summed E-state index contributed by atoms with van der Waals surface area (Å²) in [5.41, 5.74) is 6.32. The lowest BCUT2D eigenvalue weighted by Gasteiger charge is -2.17. The van der Waals surface area contributed by atoms with Crippen molar-refractivity contribution in [2.45, 2.75) is 19.9 Å². The third-order valence-corrected chi connectivity index (χ3v) is 2.53. The summed E-state index contributed by atoms with van der Waals surface area (Å²) in [4.78, 5) is 7.98. The van der Waals surface area contributed by atoms with Gasteiger partial charge in [-0.3, -0.25) is 5.84 Å². The molecule has 2 heterocycles. The molecule has 2 aromatic heterocycles. The second kappa shape index (κ2) is 4.94. The quantitative estimate of drug-likeness (QED) is 0.587. The van der Waals surface area contributed by atoms with Crippen LogP contribution in [0.2, 0.25) is 0 Å². The average Bonchev–Trinajstić information content (AvgIpc) is 2.36. The normalized spacial score (nSPS) is 12.4. The minimum atomic E-state index is -0.176. The first kappa shape index (κ1) is 11.6. The Kier molecular flexibility index (Phi) is 3.36. The van der Waals surface area contributed by atoms with Crippen LogP contribution in [0.5, 0.6) is 0 Å². The molecule has 6 heteroatoms. The maximum absolute atomic E-state index is 5.60. The number of hydrogen-bond donors (Lipinski definition) is 2. The minimum Gasteiger partial charge on any atom is -0.271 e. The number of aromatic nitrogens is 4. The van der Waals surface area contributed by atoms with Crippen molar-refractivity contribution in [3.8, 4) is 0 Å². The van der Waals surface area contributed by atoms with Crippen LogP contribution in [0, 0.1) is 13.8 Å². The number of hydrazine groups is 1. The van der Waals surface area contributed by atoms with E-state index in [9.17, 15) is 0 Å². The van der Waals surface area contributed by atoms with Gasteiger partial charge in [-0.2, -0.15) is 10.2 Å². The third-order valence-electron chi connectivity index (χ3n) is 2.53. The van der Waals surface area contributed by atoms with Crippen molar-refractivity contribution in [1.29, 1.82) is 0 Å². The Labute approximate surface area is 99.3 Å². The van der Waals surface area contributed by atoms with Crippen LogP contribution in [0.3, 0.4) is 0 Å². The summed E-state index contributed by atoms with van der Waals surface area (Å²) in [6.07, 6.45) is 4.94. The molecule has 17 heavy (non-hydrogen) atoms. The molecule has 6 nitrogen and oxygen atoms in total. The summed E-state index contributed by atoms with van der Waals surface area (Å²) in [6, 6.07) is 1.78. The molecule has 0 saturated heterocycles. The van der Waals surface area contributed by atoms with E-state index in [-0.39, 0.29) is 6.04 Å². The average molecular weight is 230 g/mol. The number of nitrogens with two attached hydrogens (primary N) is 1. The van der Waals surface area contributed by atoms with Gasteiger partial charge in [-0.15, -0.1) is 0 Å². The molecule has 0 aliphatic heterocycles. The summed E-state index contributed by atoms with van der Waals surface area (Å²) < 4.78 is 0. The first-order valence-electron chi connectivity index (χ1n) is 5.24. The smallest absolute Gasteiger partial charge is 0.115 e. The summed E-state index contributed by atoms with van der Waals surface area (Å²) >= 11 is 0. The Morgan fingerprint density at radius 1 is 1.18 bits per heavy atom. The lowest BCUT2D eigenvalue weighted by atomic mass is 10.0. The van der Waals surface area contributed by atoms with Crippen molar-refractivity contribution in [2.75, 3.05) is 0 Å². The fraction of sp³-hybridized carbons (Fsp3) is 0.273. The highest BCUT2D eigenvalue weighted by atomic mass is 15.2. The maximum Gasteiger partial charge on any atom is 0.115 e. The molecule has 0 amide bonds. The molecule has 1 unspecified atom stereocenters. The molecule has 0 radical (unpaired) electrons. The summed E-state index contributed by atoms with van der Waals surface area (Å²) in [5, 5.41) is 8.09. The highest BCUT2D eigenvalue weighted by molar-refractivity contribution is 5.31. The highest BCUT2D eigenvalue weighted by Crippen LogP contribution is 2.21. The largest absolute Gasteiger partial charge is 0.271 e. The lowest BCUT2D eigenvalue weighted by Crippen LogP contribution is -2.30. The summed E-state index contributed by atoms with van der Waals surface area (Å²) in [6.45, 7) is 3.79. The molecule has 0 bridgehead atoms. The van der Waals surface area contributed by atoms with E-state index in [1.165, 1.54) is 6.33 Å². The van der Waals surface area contributed by atoms with Crippen molar-refractivity contribution < 1.29 is 0 Å². The Bertz CT molecular complexity index is 499. The van der Waals surface area contributed by atoms with Crippen molar-refractivity contribution in [1.82, 2.24) is 25.6 Å². The van der Waals surface area contributed by atoms with Crippen LogP contribution >= 0.6 is 0 Å². The first-order valence-corrected chi connectivity index (χ1v) is 5.24. The summed E-state index contributed by atoms with van der Waals surface area (Å²) in [7, 11) is 0. The molecule has 88 valence electrons. The second-order valence-corrected chi connectivity index (χ2v) is 3.80. The van der Waals surface area contributed by atoms with E-state index in [0.717, 1.165) is 22.5 Å². The molecular weight excluding hydrogens is 216 g/mol. The zero-order valence-electron chi connectivity index (χ0n) is 9.75. The van der Waals surface area contributed by atoms with Gasteiger partial charge in [0.05, 0.1) is 17.4 Å². The Balaban J connectivity index is 2.46. The molecule has 0 aliphatic carbocycles. The molecule has 0 saturated carbocycles. The zero-order valence-corrected chi connectivity index (χ0v) is 9.75. The van der Waals surface area contributed by atoms with Gasteiger partial charge < -0.3 is 0 Å². The van der Waals surface area contributed by atoms with Crippen molar-refractivity contribution >= 4 is 0 Å². The van der Waals surface area contributed by atoms with Crippen LogP contribution in [0.1, 0.15) is 28.6 Å². The molecule has 0 spiro atoms. The minimum absolute atomic E-state index is 0.176. The molecule has 3 N–H and O–H groups in total. The number of rotatable bonds is 3. The number of hydrogen-bond acceptors (Lipinski definition) is 6. The molecule has 2 rings (SSSR count). The van der Waals surface area contributed by atoms with Crippen LogP contribution in [-0.4, -0.2) is 20.2 Å². The van der Waals surface area contributed by atoms with Gasteiger partial charge in [-0.25, -0.2) is 15.4 Å². The van der Waals surface area contributed by atoms with Crippen molar-refractivity contribution in [2.24, 2.45) is 5.84 Å². The van der Waals surface area contributed by atoms with Gasteiger partial charge in [0.2, 0.25) is 0 Å². The molecule has 0 aliphatic rings. The number of nitrogens with one attached hydrogen (secondary N) is 1. The molecule has 2 aromatic rings. The van der Waals surface area contributed by atoms with E-state index in [1.807, 2.05) is 19.9 Å². The molecular formula is C11H14N6. The van der Waals surface area contributed by atoms with Gasteiger partial charge in [0.25, 0.3) is 0 Å². The van der Waals surface area contributed by atoms with Gasteiger partial charge in [0.1, 0.15) is 6.33 Å². The Morgan fingerprint density at radius 2 is 1.88 bits per heavy atom. The fourth-order valence-electron chi connectivity index (χ4n) is 1.69. The van der Waals surface area contributed by atoms with Crippen molar-refractivity contribution in [3.63, 3.8) is 0 Å². The SMILES string of the molecule is Cc1cc(C(NN)c2cncnc2)c(C)nn1. The van der Waals surface area contributed by atoms with Gasteiger partial charge in [-0.05, 0) is 25.5 Å². The first-order chi connectivity index (χ1) is 8.22. The van der Waals surface area contributed by atoms with Gasteiger partial charge in [0.15, 0.2) is 0 Å². The zero-order chi connectivity index (χ0) is 12.3. The van der Waals surface area contributed by atoms with E-state index in [0.29, 0.717) is 0 Å². The second-order valence-electron chi connectivity index (χ2n) is 3.80.